The molecule has 0 aliphatic rings. The molecule has 0 amide bonds. The maximum Gasteiger partial charge on any atom is 0.120 e. The van der Waals surface area contributed by atoms with Crippen LogP contribution in [-0.2, 0) is 0 Å². The van der Waals surface area contributed by atoms with Crippen molar-refractivity contribution in [2.75, 3.05) is 13.7 Å². The molecule has 4 heteroatoms. The van der Waals surface area contributed by atoms with Gasteiger partial charge in [0.25, 0.3) is 0 Å². The summed E-state index contributed by atoms with van der Waals surface area (Å²) in [5.41, 5.74) is 2.11. The molecule has 0 bridgehead atoms. The van der Waals surface area contributed by atoms with Gasteiger partial charge in [-0.15, -0.1) is 0 Å². The Kier molecular flexibility index (Phi) is 5.95. The van der Waals surface area contributed by atoms with Crippen LogP contribution in [-0.4, -0.2) is 13.7 Å². The number of halogens is 2. The first-order chi connectivity index (χ1) is 10.2. The lowest BCUT2D eigenvalue weighted by molar-refractivity contribution is 0.317. The first kappa shape index (κ1) is 16.2. The van der Waals surface area contributed by atoms with Gasteiger partial charge in [0.05, 0.1) is 18.5 Å². The van der Waals surface area contributed by atoms with Gasteiger partial charge in [0.1, 0.15) is 11.5 Å². The van der Waals surface area contributed by atoms with Crippen LogP contribution in [0.25, 0.3) is 0 Å². The highest BCUT2D eigenvalue weighted by atomic mass is 79.9. The topological polar surface area (TPSA) is 18.5 Å². The number of hydrogen-bond donors (Lipinski definition) is 0. The molecular weight excluding hydrogens is 352 g/mol. The van der Waals surface area contributed by atoms with E-state index in [1.54, 1.807) is 7.11 Å². The van der Waals surface area contributed by atoms with Gasteiger partial charge in [0.2, 0.25) is 0 Å². The highest BCUT2D eigenvalue weighted by Crippen LogP contribution is 2.37. The fourth-order valence-corrected chi connectivity index (χ4v) is 3.10. The quantitative estimate of drug-likeness (QED) is 0.615. The van der Waals surface area contributed by atoms with Gasteiger partial charge in [0, 0.05) is 5.02 Å². The highest BCUT2D eigenvalue weighted by Gasteiger charge is 2.15. The molecule has 0 radical (unpaired) electrons. The second-order valence-electron chi connectivity index (χ2n) is 4.67. The van der Waals surface area contributed by atoms with Gasteiger partial charge in [-0.25, -0.2) is 0 Å². The Balaban J connectivity index is 2.25. The Hall–Kier alpha value is -1.19. The number of hydrogen-bond acceptors (Lipinski definition) is 2. The average Bonchev–Trinajstić information content (AvgIpc) is 2.52. The second-order valence-corrected chi connectivity index (χ2v) is 5.99. The lowest BCUT2D eigenvalue weighted by atomic mass is 10.0. The fourth-order valence-electron chi connectivity index (χ4n) is 2.00. The Morgan fingerprint density at radius 3 is 2.62 bits per heavy atom. The van der Waals surface area contributed by atoms with Crippen LogP contribution in [0.3, 0.4) is 0 Å². The number of rotatable bonds is 6. The molecule has 112 valence electrons. The molecule has 0 saturated carbocycles. The van der Waals surface area contributed by atoms with Crippen molar-refractivity contribution in [2.45, 2.75) is 18.2 Å². The monoisotopic (exact) mass is 368 g/mol. The largest absolute Gasteiger partial charge is 0.497 e. The van der Waals surface area contributed by atoms with Crippen molar-refractivity contribution < 1.29 is 9.47 Å². The van der Waals surface area contributed by atoms with Crippen molar-refractivity contribution in [1.82, 2.24) is 0 Å². The van der Waals surface area contributed by atoms with Gasteiger partial charge < -0.3 is 9.47 Å². The minimum Gasteiger partial charge on any atom is -0.497 e. The molecule has 2 rings (SSSR count). The smallest absolute Gasteiger partial charge is 0.120 e. The SMILES string of the molecule is CCCOc1cccc(C(Br)c2ccc(OC)cc2Cl)c1. The summed E-state index contributed by atoms with van der Waals surface area (Å²) in [5, 5.41) is 0.677. The molecule has 1 atom stereocenters. The zero-order chi connectivity index (χ0) is 15.2. The van der Waals surface area contributed by atoms with Crippen molar-refractivity contribution in [1.29, 1.82) is 0 Å². The minimum absolute atomic E-state index is 0.0149. The van der Waals surface area contributed by atoms with Crippen LogP contribution >= 0.6 is 27.5 Å². The van der Waals surface area contributed by atoms with Crippen LogP contribution in [0.1, 0.15) is 29.3 Å². The number of methoxy groups -OCH3 is 1. The third kappa shape index (κ3) is 4.14. The van der Waals surface area contributed by atoms with E-state index in [2.05, 4.69) is 28.9 Å². The predicted molar refractivity (Wildman–Crippen MR) is 91.0 cm³/mol. The fraction of sp³-hybridized carbons (Fsp3) is 0.294. The van der Waals surface area contributed by atoms with Gasteiger partial charge in [-0.3, -0.25) is 0 Å². The van der Waals surface area contributed by atoms with Crippen LogP contribution in [0.5, 0.6) is 11.5 Å². The molecule has 0 N–H and O–H groups in total. The summed E-state index contributed by atoms with van der Waals surface area (Å²) in [6, 6.07) is 13.8. The van der Waals surface area contributed by atoms with E-state index >= 15 is 0 Å². The van der Waals surface area contributed by atoms with Gasteiger partial charge >= 0.3 is 0 Å². The maximum absolute atomic E-state index is 6.34. The lowest BCUT2D eigenvalue weighted by Crippen LogP contribution is -1.98. The summed E-state index contributed by atoms with van der Waals surface area (Å²) < 4.78 is 10.9. The van der Waals surface area contributed by atoms with Crippen LogP contribution in [0.2, 0.25) is 5.02 Å². The number of alkyl halides is 1. The van der Waals surface area contributed by atoms with E-state index in [-0.39, 0.29) is 4.83 Å². The Bertz CT molecular complexity index is 601. The molecule has 0 aromatic heterocycles. The minimum atomic E-state index is 0.0149. The van der Waals surface area contributed by atoms with Crippen molar-refractivity contribution in [3.8, 4) is 11.5 Å². The summed E-state index contributed by atoms with van der Waals surface area (Å²) in [5.74, 6) is 1.63. The summed E-state index contributed by atoms with van der Waals surface area (Å²) >= 11 is 10.0. The maximum atomic E-state index is 6.34. The Morgan fingerprint density at radius 2 is 1.95 bits per heavy atom. The van der Waals surface area contributed by atoms with E-state index in [0.717, 1.165) is 35.7 Å². The summed E-state index contributed by atoms with van der Waals surface area (Å²) in [7, 11) is 1.63. The molecule has 21 heavy (non-hydrogen) atoms. The average molecular weight is 370 g/mol. The molecular formula is C17H18BrClO2. The summed E-state index contributed by atoms with van der Waals surface area (Å²) in [6.45, 7) is 2.81. The molecule has 0 spiro atoms. The van der Waals surface area contributed by atoms with Crippen LogP contribution in [0.15, 0.2) is 42.5 Å². The Morgan fingerprint density at radius 1 is 1.14 bits per heavy atom. The Labute approximate surface area is 139 Å². The van der Waals surface area contributed by atoms with Gasteiger partial charge in [-0.2, -0.15) is 0 Å². The molecule has 0 saturated heterocycles. The third-order valence-electron chi connectivity index (χ3n) is 3.10. The molecule has 0 heterocycles. The number of ether oxygens (including phenoxy) is 2. The first-order valence-corrected chi connectivity index (χ1v) is 8.15. The zero-order valence-corrected chi connectivity index (χ0v) is 14.4. The molecule has 2 aromatic carbocycles. The van der Waals surface area contributed by atoms with Crippen molar-refractivity contribution in [3.05, 3.63) is 58.6 Å². The summed E-state index contributed by atoms with van der Waals surface area (Å²) in [4.78, 5) is 0.0149. The standard InChI is InChI=1S/C17H18BrClO2/c1-3-9-21-14-6-4-5-12(10-14)17(18)15-8-7-13(20-2)11-16(15)19/h4-8,10-11,17H,3,9H2,1-2H3. The van der Waals surface area contributed by atoms with Gasteiger partial charge in [-0.1, -0.05) is 52.7 Å². The molecule has 0 aliphatic heterocycles. The number of benzene rings is 2. The van der Waals surface area contributed by atoms with Gasteiger partial charge in [0.15, 0.2) is 0 Å². The van der Waals surface area contributed by atoms with Crippen LogP contribution < -0.4 is 9.47 Å². The third-order valence-corrected chi connectivity index (χ3v) is 4.45. The van der Waals surface area contributed by atoms with Crippen LogP contribution in [0.4, 0.5) is 0 Å². The van der Waals surface area contributed by atoms with Crippen molar-refractivity contribution in [2.24, 2.45) is 0 Å². The lowest BCUT2D eigenvalue weighted by Gasteiger charge is -2.15. The van der Waals surface area contributed by atoms with E-state index in [9.17, 15) is 0 Å². The first-order valence-electron chi connectivity index (χ1n) is 6.86. The molecule has 2 nitrogen and oxygen atoms in total. The zero-order valence-electron chi connectivity index (χ0n) is 12.1. The van der Waals surface area contributed by atoms with E-state index in [4.69, 9.17) is 21.1 Å². The molecule has 2 aromatic rings. The highest BCUT2D eigenvalue weighted by molar-refractivity contribution is 9.09. The normalized spacial score (nSPS) is 12.0. The van der Waals surface area contributed by atoms with E-state index in [1.165, 1.54) is 0 Å². The van der Waals surface area contributed by atoms with Crippen LogP contribution in [0, 0.1) is 0 Å². The van der Waals surface area contributed by atoms with E-state index in [1.807, 2.05) is 36.4 Å². The predicted octanol–water partition coefficient (Wildman–Crippen LogP) is 5.62. The van der Waals surface area contributed by atoms with Crippen molar-refractivity contribution in [3.63, 3.8) is 0 Å². The van der Waals surface area contributed by atoms with Crippen molar-refractivity contribution >= 4 is 27.5 Å². The summed E-state index contributed by atoms with van der Waals surface area (Å²) in [6.07, 6.45) is 0.992. The van der Waals surface area contributed by atoms with Gasteiger partial charge in [-0.05, 0) is 41.8 Å². The molecule has 0 aliphatic carbocycles. The van der Waals surface area contributed by atoms with E-state index < -0.39 is 0 Å². The molecule has 1 unspecified atom stereocenters. The van der Waals surface area contributed by atoms with E-state index in [0.29, 0.717) is 5.02 Å². The molecule has 0 fully saturated rings. The second kappa shape index (κ2) is 7.71.